The number of alkyl halides is 3. The molecule has 10 heteroatoms. The molecule has 1 atom stereocenters. The molecule has 1 unspecified atom stereocenters. The Balaban J connectivity index is 2.54. The molecule has 2 aromatic rings. The van der Waals surface area contributed by atoms with E-state index in [1.807, 2.05) is 0 Å². The molecule has 34 heavy (non-hydrogen) atoms. The van der Waals surface area contributed by atoms with Crippen LogP contribution in [0.15, 0.2) is 42.5 Å². The third-order valence-corrected chi connectivity index (χ3v) is 4.60. The lowest BCUT2D eigenvalue weighted by Crippen LogP contribution is -2.38. The number of rotatable bonds is 7. The first-order chi connectivity index (χ1) is 15.6. The van der Waals surface area contributed by atoms with E-state index in [1.54, 1.807) is 27.7 Å². The van der Waals surface area contributed by atoms with Gasteiger partial charge in [0.2, 0.25) is 0 Å². The maximum atomic E-state index is 13.1. The Bertz CT molecular complexity index is 1060. The fraction of sp³-hybridized carbons (Fsp3) is 0.375. The Morgan fingerprint density at radius 2 is 1.62 bits per heavy atom. The Morgan fingerprint density at radius 1 is 1.03 bits per heavy atom. The van der Waals surface area contributed by atoms with Crippen LogP contribution >= 0.6 is 0 Å². The molecule has 0 aliphatic rings. The number of carboxylic acids is 1. The number of Topliss-reactive ketones (excluding diaryl/α,β-unsaturated/α-hetero) is 1. The topological polar surface area (TPSA) is 93.1 Å². The molecule has 2 aromatic carbocycles. The van der Waals surface area contributed by atoms with Crippen LogP contribution in [0.2, 0.25) is 0 Å². The average molecular weight is 481 g/mol. The van der Waals surface area contributed by atoms with E-state index in [0.29, 0.717) is 5.56 Å². The molecule has 0 radical (unpaired) electrons. The Kier molecular flexibility index (Phi) is 7.97. The van der Waals surface area contributed by atoms with E-state index in [0.717, 1.165) is 17.0 Å². The third-order valence-electron chi connectivity index (χ3n) is 4.60. The van der Waals surface area contributed by atoms with E-state index >= 15 is 0 Å². The molecular formula is C24H26F3NO6. The van der Waals surface area contributed by atoms with Gasteiger partial charge in [0.1, 0.15) is 23.5 Å². The first kappa shape index (κ1) is 26.7. The molecule has 0 aromatic heterocycles. The highest BCUT2D eigenvalue weighted by molar-refractivity contribution is 5.95. The normalized spacial score (nSPS) is 12.6. The lowest BCUT2D eigenvalue weighted by Gasteiger charge is -2.32. The highest BCUT2D eigenvalue weighted by atomic mass is 19.4. The van der Waals surface area contributed by atoms with E-state index < -0.39 is 35.4 Å². The minimum atomic E-state index is -4.52. The van der Waals surface area contributed by atoms with Crippen molar-refractivity contribution >= 4 is 23.5 Å². The van der Waals surface area contributed by atoms with E-state index in [-0.39, 0.29) is 29.4 Å². The molecule has 0 spiro atoms. The minimum Gasteiger partial charge on any atom is -0.485 e. The summed E-state index contributed by atoms with van der Waals surface area (Å²) < 4.78 is 49.6. The second-order valence-electron chi connectivity index (χ2n) is 8.62. The zero-order chi connectivity index (χ0) is 25.8. The lowest BCUT2D eigenvalue weighted by molar-refractivity contribution is -0.137. The van der Waals surface area contributed by atoms with Gasteiger partial charge >= 0.3 is 18.2 Å². The standard InChI is InChI=1S/C24H26F3NO6/c1-14(29)13-33-20-11-10-18(12-19(20)21(30)31)28(22(32)34-23(3,4)5)15(2)16-6-8-17(9-7-16)24(25,26)27/h6-12,15H,13H2,1-5H3,(H,30,31). The number of ketones is 1. The van der Waals surface area contributed by atoms with Crippen molar-refractivity contribution < 1.29 is 42.1 Å². The summed E-state index contributed by atoms with van der Waals surface area (Å²) in [5.74, 6) is -1.74. The van der Waals surface area contributed by atoms with E-state index in [9.17, 15) is 32.7 Å². The second kappa shape index (κ2) is 10.1. The van der Waals surface area contributed by atoms with Crippen molar-refractivity contribution in [1.29, 1.82) is 0 Å². The number of ether oxygens (including phenoxy) is 2. The van der Waals surface area contributed by atoms with Crippen molar-refractivity contribution in [3.8, 4) is 5.75 Å². The van der Waals surface area contributed by atoms with Crippen molar-refractivity contribution in [2.24, 2.45) is 0 Å². The van der Waals surface area contributed by atoms with Gasteiger partial charge in [-0.3, -0.25) is 9.69 Å². The van der Waals surface area contributed by atoms with Crippen molar-refractivity contribution in [2.75, 3.05) is 11.5 Å². The molecule has 0 saturated heterocycles. The predicted octanol–water partition coefficient (Wildman–Crippen LogP) is 5.87. The van der Waals surface area contributed by atoms with Crippen LogP contribution < -0.4 is 9.64 Å². The molecule has 0 heterocycles. The number of carboxylic acid groups (broad SMARTS) is 1. The molecule has 2 rings (SSSR count). The van der Waals surface area contributed by atoms with Gasteiger partial charge < -0.3 is 14.6 Å². The van der Waals surface area contributed by atoms with Gasteiger partial charge in [0.15, 0.2) is 5.78 Å². The molecular weight excluding hydrogens is 455 g/mol. The van der Waals surface area contributed by atoms with Gasteiger partial charge in [-0.1, -0.05) is 12.1 Å². The molecule has 184 valence electrons. The number of carbonyl (C=O) groups is 3. The number of amides is 1. The first-order valence-electron chi connectivity index (χ1n) is 10.3. The van der Waals surface area contributed by atoms with Crippen LogP contribution in [0.25, 0.3) is 0 Å². The Morgan fingerprint density at radius 3 is 2.09 bits per heavy atom. The van der Waals surface area contributed by atoms with Gasteiger partial charge in [-0.2, -0.15) is 13.2 Å². The van der Waals surface area contributed by atoms with Gasteiger partial charge in [0, 0.05) is 5.69 Å². The number of benzene rings is 2. The maximum absolute atomic E-state index is 13.1. The molecule has 1 amide bonds. The van der Waals surface area contributed by atoms with Gasteiger partial charge in [0.05, 0.1) is 11.6 Å². The first-order valence-corrected chi connectivity index (χ1v) is 10.3. The van der Waals surface area contributed by atoms with Crippen LogP contribution in [0.3, 0.4) is 0 Å². The number of nitrogens with zero attached hydrogens (tertiary/aromatic N) is 1. The number of aromatic carboxylic acids is 1. The lowest BCUT2D eigenvalue weighted by atomic mass is 10.0. The highest BCUT2D eigenvalue weighted by Gasteiger charge is 2.32. The van der Waals surface area contributed by atoms with Crippen molar-refractivity contribution in [3.63, 3.8) is 0 Å². The Hall–Kier alpha value is -3.56. The summed E-state index contributed by atoms with van der Waals surface area (Å²) in [5.41, 5.74) is -1.55. The molecule has 0 saturated carbocycles. The summed E-state index contributed by atoms with van der Waals surface area (Å²) in [7, 11) is 0. The van der Waals surface area contributed by atoms with Gasteiger partial charge in [-0.05, 0) is 70.5 Å². The quantitative estimate of drug-likeness (QED) is 0.531. The molecule has 0 aliphatic heterocycles. The van der Waals surface area contributed by atoms with Crippen LogP contribution in [0.1, 0.15) is 62.1 Å². The van der Waals surface area contributed by atoms with E-state index in [2.05, 4.69) is 0 Å². The average Bonchev–Trinajstić information content (AvgIpc) is 2.70. The summed E-state index contributed by atoms with van der Waals surface area (Å²) in [6.07, 6.45) is -5.34. The van der Waals surface area contributed by atoms with Crippen LogP contribution in [0.5, 0.6) is 5.75 Å². The van der Waals surface area contributed by atoms with E-state index in [4.69, 9.17) is 9.47 Å². The number of anilines is 1. The van der Waals surface area contributed by atoms with Crippen LogP contribution in [-0.4, -0.2) is 35.2 Å². The molecule has 1 N–H and O–H groups in total. The summed E-state index contributed by atoms with van der Waals surface area (Å²) in [4.78, 5) is 37.3. The number of carbonyl (C=O) groups excluding carboxylic acids is 2. The SMILES string of the molecule is CC(=O)COc1ccc(N(C(=O)OC(C)(C)C)C(C)c2ccc(C(F)(F)F)cc2)cc1C(=O)O. The summed E-state index contributed by atoms with van der Waals surface area (Å²) in [6.45, 7) is 7.46. The fourth-order valence-electron chi connectivity index (χ4n) is 3.04. The number of hydrogen-bond acceptors (Lipinski definition) is 5. The minimum absolute atomic E-state index is 0.0715. The molecule has 0 fully saturated rings. The number of hydrogen-bond donors (Lipinski definition) is 1. The van der Waals surface area contributed by atoms with Crippen molar-refractivity contribution in [1.82, 2.24) is 0 Å². The van der Waals surface area contributed by atoms with Gasteiger partial charge in [-0.25, -0.2) is 9.59 Å². The molecule has 0 bridgehead atoms. The monoisotopic (exact) mass is 481 g/mol. The van der Waals surface area contributed by atoms with Gasteiger partial charge in [0.25, 0.3) is 0 Å². The summed E-state index contributed by atoms with van der Waals surface area (Å²) in [5, 5.41) is 9.62. The number of halogens is 3. The van der Waals surface area contributed by atoms with Crippen LogP contribution in [0.4, 0.5) is 23.7 Å². The zero-order valence-corrected chi connectivity index (χ0v) is 19.4. The molecule has 0 aliphatic carbocycles. The second-order valence-corrected chi connectivity index (χ2v) is 8.62. The maximum Gasteiger partial charge on any atom is 0.416 e. The predicted molar refractivity (Wildman–Crippen MR) is 118 cm³/mol. The van der Waals surface area contributed by atoms with Crippen molar-refractivity contribution in [2.45, 2.75) is 52.4 Å². The Labute approximate surface area is 195 Å². The smallest absolute Gasteiger partial charge is 0.416 e. The van der Waals surface area contributed by atoms with Gasteiger partial charge in [-0.15, -0.1) is 0 Å². The highest BCUT2D eigenvalue weighted by Crippen LogP contribution is 2.34. The van der Waals surface area contributed by atoms with Crippen molar-refractivity contribution in [3.05, 3.63) is 59.2 Å². The summed E-state index contributed by atoms with van der Waals surface area (Å²) in [6, 6.07) is 7.37. The summed E-state index contributed by atoms with van der Waals surface area (Å²) >= 11 is 0. The fourth-order valence-corrected chi connectivity index (χ4v) is 3.04. The molecule has 7 nitrogen and oxygen atoms in total. The largest absolute Gasteiger partial charge is 0.485 e. The van der Waals surface area contributed by atoms with E-state index in [1.165, 1.54) is 37.3 Å². The zero-order valence-electron chi connectivity index (χ0n) is 19.4. The van der Waals surface area contributed by atoms with Crippen LogP contribution in [-0.2, 0) is 15.7 Å². The van der Waals surface area contributed by atoms with Crippen LogP contribution in [0, 0.1) is 0 Å². The third kappa shape index (κ3) is 6.97.